The molecular weight excluding hydrogens is 210 g/mol. The van der Waals surface area contributed by atoms with Crippen LogP contribution >= 0.6 is 0 Å². The van der Waals surface area contributed by atoms with Gasteiger partial charge in [0.1, 0.15) is 0 Å². The fourth-order valence-corrected chi connectivity index (χ4v) is 1.84. The molecular formula is C11H19NO4. The third kappa shape index (κ3) is 3.48. The Balaban J connectivity index is 2.48. The van der Waals surface area contributed by atoms with Crippen LogP contribution in [0.4, 0.5) is 0 Å². The van der Waals surface area contributed by atoms with Crippen molar-refractivity contribution < 1.29 is 19.4 Å². The van der Waals surface area contributed by atoms with Crippen LogP contribution in [-0.2, 0) is 14.3 Å². The first-order valence-corrected chi connectivity index (χ1v) is 5.79. The van der Waals surface area contributed by atoms with Crippen molar-refractivity contribution in [1.29, 1.82) is 0 Å². The summed E-state index contributed by atoms with van der Waals surface area (Å²) in [7, 11) is 0. The van der Waals surface area contributed by atoms with Crippen molar-refractivity contribution in [3.8, 4) is 0 Å². The zero-order valence-corrected chi connectivity index (χ0v) is 9.57. The lowest BCUT2D eigenvalue weighted by Crippen LogP contribution is -2.41. The molecule has 1 fully saturated rings. The van der Waals surface area contributed by atoms with Gasteiger partial charge >= 0.3 is 11.9 Å². The van der Waals surface area contributed by atoms with E-state index in [2.05, 4.69) is 5.32 Å². The number of hydrogen-bond acceptors (Lipinski definition) is 4. The average molecular weight is 229 g/mol. The molecule has 5 nitrogen and oxygen atoms in total. The Kier molecular flexibility index (Phi) is 5.25. The maximum atomic E-state index is 11.6. The van der Waals surface area contributed by atoms with Crippen LogP contribution in [-0.4, -0.2) is 36.2 Å². The second kappa shape index (κ2) is 6.48. The number of unbranched alkanes of at least 4 members (excludes halogenated alkanes) is 1. The van der Waals surface area contributed by atoms with E-state index in [4.69, 9.17) is 9.84 Å². The minimum absolute atomic E-state index is 0.272. The number of esters is 1. The second-order valence-corrected chi connectivity index (χ2v) is 4.04. The predicted octanol–water partition coefficient (Wildman–Crippen LogP) is 0.783. The lowest BCUT2D eigenvalue weighted by atomic mass is 9.99. The number of aliphatic carboxylic acids is 1. The summed E-state index contributed by atoms with van der Waals surface area (Å²) >= 11 is 0. The molecule has 0 aromatic heterocycles. The minimum atomic E-state index is -1.10. The second-order valence-electron chi connectivity index (χ2n) is 4.04. The molecule has 5 heteroatoms. The number of rotatable bonds is 6. The van der Waals surface area contributed by atoms with Crippen molar-refractivity contribution >= 4 is 11.9 Å². The number of nitrogens with one attached hydrogen (secondary N) is 1. The highest BCUT2D eigenvalue weighted by Crippen LogP contribution is 2.17. The third-order valence-electron chi connectivity index (χ3n) is 2.76. The van der Waals surface area contributed by atoms with E-state index in [9.17, 15) is 9.59 Å². The van der Waals surface area contributed by atoms with E-state index < -0.39 is 17.9 Å². The van der Waals surface area contributed by atoms with Gasteiger partial charge in [-0.25, -0.2) is 0 Å². The van der Waals surface area contributed by atoms with Gasteiger partial charge in [0.25, 0.3) is 0 Å². The van der Waals surface area contributed by atoms with Gasteiger partial charge in [0.15, 0.2) is 5.92 Å². The van der Waals surface area contributed by atoms with Crippen LogP contribution in [0.25, 0.3) is 0 Å². The molecule has 2 unspecified atom stereocenters. The Hall–Kier alpha value is -1.10. The summed E-state index contributed by atoms with van der Waals surface area (Å²) in [5.41, 5.74) is 0. The summed E-state index contributed by atoms with van der Waals surface area (Å²) in [6.07, 6.45) is 3.33. The first kappa shape index (κ1) is 13.0. The van der Waals surface area contributed by atoms with Gasteiger partial charge in [-0.15, -0.1) is 0 Å². The quantitative estimate of drug-likeness (QED) is 0.400. The van der Waals surface area contributed by atoms with Crippen molar-refractivity contribution in [3.63, 3.8) is 0 Å². The molecule has 0 amide bonds. The monoisotopic (exact) mass is 229 g/mol. The zero-order chi connectivity index (χ0) is 12.0. The molecule has 0 aromatic rings. The number of ether oxygens (including phenoxy) is 1. The smallest absolute Gasteiger partial charge is 0.321 e. The first-order valence-electron chi connectivity index (χ1n) is 5.79. The number of carboxylic acids is 1. The Morgan fingerprint density at radius 1 is 1.56 bits per heavy atom. The van der Waals surface area contributed by atoms with Crippen molar-refractivity contribution in [2.45, 2.75) is 38.6 Å². The lowest BCUT2D eigenvalue weighted by Gasteiger charge is -2.18. The fourth-order valence-electron chi connectivity index (χ4n) is 1.84. The van der Waals surface area contributed by atoms with Crippen molar-refractivity contribution in [1.82, 2.24) is 5.32 Å². The van der Waals surface area contributed by atoms with E-state index in [1.807, 2.05) is 6.92 Å². The molecule has 0 bridgehead atoms. The number of carboxylic acid groups (broad SMARTS) is 1. The van der Waals surface area contributed by atoms with Crippen LogP contribution in [0.15, 0.2) is 0 Å². The van der Waals surface area contributed by atoms with E-state index >= 15 is 0 Å². The van der Waals surface area contributed by atoms with Gasteiger partial charge < -0.3 is 15.2 Å². The summed E-state index contributed by atoms with van der Waals surface area (Å²) in [6.45, 7) is 3.07. The summed E-state index contributed by atoms with van der Waals surface area (Å²) in [4.78, 5) is 22.6. The van der Waals surface area contributed by atoms with Gasteiger partial charge in [-0.1, -0.05) is 13.3 Å². The Morgan fingerprint density at radius 2 is 2.31 bits per heavy atom. The van der Waals surface area contributed by atoms with Gasteiger partial charge in [0.05, 0.1) is 6.61 Å². The molecule has 16 heavy (non-hydrogen) atoms. The van der Waals surface area contributed by atoms with E-state index in [-0.39, 0.29) is 6.04 Å². The van der Waals surface area contributed by atoms with Crippen molar-refractivity contribution in [2.75, 3.05) is 13.2 Å². The summed E-state index contributed by atoms with van der Waals surface area (Å²) < 4.78 is 4.96. The van der Waals surface area contributed by atoms with E-state index in [0.717, 1.165) is 32.2 Å². The standard InChI is InChI=1S/C11H19NO4/c1-2-3-7-16-11(15)9(10(13)14)8-5-4-6-12-8/h8-9,12H,2-7H2,1H3,(H,13,14). The first-order chi connectivity index (χ1) is 7.66. The number of carbonyl (C=O) groups excluding carboxylic acids is 1. The number of hydrogen-bond donors (Lipinski definition) is 2. The highest BCUT2D eigenvalue weighted by Gasteiger charge is 2.37. The summed E-state index contributed by atoms with van der Waals surface area (Å²) in [6, 6.07) is -0.272. The molecule has 0 spiro atoms. The molecule has 1 saturated heterocycles. The van der Waals surface area contributed by atoms with Crippen LogP contribution in [0.2, 0.25) is 0 Å². The Morgan fingerprint density at radius 3 is 2.81 bits per heavy atom. The van der Waals surface area contributed by atoms with Crippen LogP contribution in [0.3, 0.4) is 0 Å². The van der Waals surface area contributed by atoms with E-state index in [1.165, 1.54) is 0 Å². The largest absolute Gasteiger partial charge is 0.481 e. The predicted molar refractivity (Wildman–Crippen MR) is 58.0 cm³/mol. The average Bonchev–Trinajstić information content (AvgIpc) is 2.71. The van der Waals surface area contributed by atoms with Gasteiger partial charge in [0, 0.05) is 6.04 Å². The zero-order valence-electron chi connectivity index (χ0n) is 9.57. The maximum absolute atomic E-state index is 11.6. The topological polar surface area (TPSA) is 75.6 Å². The molecule has 0 saturated carbocycles. The molecule has 2 atom stereocenters. The fraction of sp³-hybridized carbons (Fsp3) is 0.818. The minimum Gasteiger partial charge on any atom is -0.481 e. The molecule has 0 aliphatic carbocycles. The Bertz CT molecular complexity index is 248. The summed E-state index contributed by atoms with van der Waals surface area (Å²) in [5.74, 6) is -2.76. The molecule has 1 heterocycles. The summed E-state index contributed by atoms with van der Waals surface area (Å²) in [5, 5.41) is 12.0. The molecule has 1 aliphatic heterocycles. The lowest BCUT2D eigenvalue weighted by molar-refractivity contribution is -0.160. The molecule has 1 aliphatic rings. The third-order valence-corrected chi connectivity index (χ3v) is 2.76. The van der Waals surface area contributed by atoms with Crippen LogP contribution in [0.5, 0.6) is 0 Å². The van der Waals surface area contributed by atoms with Crippen molar-refractivity contribution in [2.24, 2.45) is 5.92 Å². The highest BCUT2D eigenvalue weighted by molar-refractivity contribution is 5.94. The molecule has 2 N–H and O–H groups in total. The molecule has 0 aromatic carbocycles. The van der Waals surface area contributed by atoms with Gasteiger partial charge in [0.2, 0.25) is 0 Å². The molecule has 1 rings (SSSR count). The maximum Gasteiger partial charge on any atom is 0.321 e. The molecule has 0 radical (unpaired) electrons. The SMILES string of the molecule is CCCCOC(=O)C(C(=O)O)C1CCCN1. The molecule has 92 valence electrons. The van der Waals surface area contributed by atoms with Crippen LogP contribution in [0.1, 0.15) is 32.6 Å². The van der Waals surface area contributed by atoms with Gasteiger partial charge in [-0.3, -0.25) is 9.59 Å². The van der Waals surface area contributed by atoms with Crippen LogP contribution in [0, 0.1) is 5.92 Å². The van der Waals surface area contributed by atoms with E-state index in [0.29, 0.717) is 6.61 Å². The van der Waals surface area contributed by atoms with Crippen LogP contribution < -0.4 is 5.32 Å². The highest BCUT2D eigenvalue weighted by atomic mass is 16.5. The Labute approximate surface area is 95.2 Å². The normalized spacial score (nSPS) is 21.7. The van der Waals surface area contributed by atoms with Gasteiger partial charge in [-0.05, 0) is 25.8 Å². The number of carbonyl (C=O) groups is 2. The van der Waals surface area contributed by atoms with E-state index in [1.54, 1.807) is 0 Å². The van der Waals surface area contributed by atoms with Gasteiger partial charge in [-0.2, -0.15) is 0 Å². The van der Waals surface area contributed by atoms with Crippen molar-refractivity contribution in [3.05, 3.63) is 0 Å².